The molecule has 0 aromatic heterocycles. The number of benzene rings is 2. The average molecular weight is 389 g/mol. The van der Waals surface area contributed by atoms with Gasteiger partial charge in [-0.15, -0.1) is 11.8 Å². The smallest absolute Gasteiger partial charge is 0.234 e. The summed E-state index contributed by atoms with van der Waals surface area (Å²) < 4.78 is 21.8. The molecule has 3 rings (SSSR count). The van der Waals surface area contributed by atoms with E-state index in [1.165, 1.54) is 0 Å². The molecule has 1 aliphatic heterocycles. The lowest BCUT2D eigenvalue weighted by molar-refractivity contribution is -0.128. The molecule has 1 unspecified atom stereocenters. The van der Waals surface area contributed by atoms with Crippen molar-refractivity contribution >= 4 is 17.7 Å². The molecule has 27 heavy (non-hydrogen) atoms. The van der Waals surface area contributed by atoms with Crippen LogP contribution in [0.5, 0.6) is 23.0 Å². The molecule has 2 aromatic carbocycles. The minimum Gasteiger partial charge on any atom is -0.497 e. The highest BCUT2D eigenvalue weighted by atomic mass is 32.2. The van der Waals surface area contributed by atoms with E-state index in [1.807, 2.05) is 41.3 Å². The van der Waals surface area contributed by atoms with E-state index in [4.69, 9.17) is 18.9 Å². The van der Waals surface area contributed by atoms with Crippen molar-refractivity contribution in [3.05, 3.63) is 47.5 Å². The summed E-state index contributed by atoms with van der Waals surface area (Å²) in [7, 11) is 6.46. The Kier molecular flexibility index (Phi) is 6.01. The van der Waals surface area contributed by atoms with Gasteiger partial charge in [0.25, 0.3) is 0 Å². The number of nitrogens with zero attached hydrogens (tertiary/aromatic N) is 1. The molecule has 6 nitrogen and oxygen atoms in total. The van der Waals surface area contributed by atoms with Crippen LogP contribution in [0.2, 0.25) is 0 Å². The molecule has 144 valence electrons. The fourth-order valence-electron chi connectivity index (χ4n) is 3.15. The molecular formula is C20H23NO5S. The van der Waals surface area contributed by atoms with Gasteiger partial charge in [-0.25, -0.2) is 0 Å². The predicted molar refractivity (Wildman–Crippen MR) is 105 cm³/mol. The van der Waals surface area contributed by atoms with Gasteiger partial charge in [0.2, 0.25) is 5.91 Å². The van der Waals surface area contributed by atoms with Crippen LogP contribution in [-0.4, -0.2) is 45.0 Å². The first-order valence-electron chi connectivity index (χ1n) is 8.45. The molecule has 0 saturated carbocycles. The summed E-state index contributed by atoms with van der Waals surface area (Å²) in [5, 5.41) is -0.199. The zero-order valence-electron chi connectivity index (χ0n) is 15.9. The third-order valence-corrected chi connectivity index (χ3v) is 5.74. The fraction of sp³-hybridized carbons (Fsp3) is 0.350. The van der Waals surface area contributed by atoms with Gasteiger partial charge in [-0.3, -0.25) is 4.79 Å². The largest absolute Gasteiger partial charge is 0.497 e. The minimum atomic E-state index is -0.199. The van der Waals surface area contributed by atoms with Crippen molar-refractivity contribution in [2.45, 2.75) is 11.9 Å². The molecule has 1 amide bonds. The third kappa shape index (κ3) is 3.78. The Morgan fingerprint density at radius 2 is 1.63 bits per heavy atom. The second kappa shape index (κ2) is 8.43. The van der Waals surface area contributed by atoms with Crippen LogP contribution in [0.3, 0.4) is 0 Å². The summed E-state index contributed by atoms with van der Waals surface area (Å²) in [4.78, 5) is 14.5. The molecule has 0 radical (unpaired) electrons. The third-order valence-electron chi connectivity index (χ3n) is 4.52. The van der Waals surface area contributed by atoms with E-state index in [1.54, 1.807) is 40.2 Å². The molecule has 1 fully saturated rings. The summed E-state index contributed by atoms with van der Waals surface area (Å²) in [5.74, 6) is 3.27. The molecule has 1 atom stereocenters. The summed E-state index contributed by atoms with van der Waals surface area (Å²) in [6.45, 7) is 0.421. The van der Waals surface area contributed by atoms with Crippen molar-refractivity contribution in [3.8, 4) is 23.0 Å². The SMILES string of the molecule is COc1ccc(CN2C(=O)CSC2c2c(OC)cccc2OC)c(OC)c1. The van der Waals surface area contributed by atoms with Gasteiger partial charge in [-0.05, 0) is 24.3 Å². The standard InChI is InChI=1S/C20H23NO5S/c1-23-14-9-8-13(17(10-14)26-4)11-21-18(22)12-27-20(21)19-15(24-2)6-5-7-16(19)25-3/h5-10,20H,11-12H2,1-4H3. The van der Waals surface area contributed by atoms with Crippen LogP contribution in [0.15, 0.2) is 36.4 Å². The Bertz CT molecular complexity index is 804. The number of carbonyl (C=O) groups is 1. The number of ether oxygens (including phenoxy) is 4. The average Bonchev–Trinajstić information content (AvgIpc) is 3.07. The molecule has 1 saturated heterocycles. The Hall–Kier alpha value is -2.54. The normalized spacial score (nSPS) is 16.4. The van der Waals surface area contributed by atoms with Gasteiger partial charge < -0.3 is 23.8 Å². The van der Waals surface area contributed by atoms with Crippen LogP contribution in [0, 0.1) is 0 Å². The molecule has 7 heteroatoms. The second-order valence-electron chi connectivity index (χ2n) is 5.94. The van der Waals surface area contributed by atoms with Gasteiger partial charge in [-0.2, -0.15) is 0 Å². The van der Waals surface area contributed by atoms with Crippen molar-refractivity contribution in [3.63, 3.8) is 0 Å². The van der Waals surface area contributed by atoms with E-state index < -0.39 is 0 Å². The molecule has 0 spiro atoms. The number of amides is 1. The molecule has 0 bridgehead atoms. The number of hydrogen-bond donors (Lipinski definition) is 0. The maximum Gasteiger partial charge on any atom is 0.234 e. The summed E-state index contributed by atoms with van der Waals surface area (Å²) in [5.41, 5.74) is 1.78. The van der Waals surface area contributed by atoms with E-state index in [2.05, 4.69) is 0 Å². The summed E-state index contributed by atoms with van der Waals surface area (Å²) in [6, 6.07) is 11.2. The van der Waals surface area contributed by atoms with E-state index in [0.29, 0.717) is 35.3 Å². The monoisotopic (exact) mass is 389 g/mol. The van der Waals surface area contributed by atoms with Crippen LogP contribution >= 0.6 is 11.8 Å². The lowest BCUT2D eigenvalue weighted by Gasteiger charge is -2.27. The van der Waals surface area contributed by atoms with Crippen molar-refractivity contribution in [2.75, 3.05) is 34.2 Å². The van der Waals surface area contributed by atoms with Gasteiger partial charge in [0.15, 0.2) is 0 Å². The number of methoxy groups -OCH3 is 4. The zero-order chi connectivity index (χ0) is 19.4. The highest BCUT2D eigenvalue weighted by Crippen LogP contribution is 2.47. The first-order valence-corrected chi connectivity index (χ1v) is 9.50. The first-order chi connectivity index (χ1) is 13.1. The Labute approximate surface area is 163 Å². The quantitative estimate of drug-likeness (QED) is 0.723. The van der Waals surface area contributed by atoms with Gasteiger partial charge in [0.1, 0.15) is 28.4 Å². The lowest BCUT2D eigenvalue weighted by Crippen LogP contribution is -2.28. The number of carbonyl (C=O) groups excluding carboxylic acids is 1. The van der Waals surface area contributed by atoms with Crippen molar-refractivity contribution < 1.29 is 23.7 Å². The summed E-state index contributed by atoms with van der Waals surface area (Å²) >= 11 is 1.56. The van der Waals surface area contributed by atoms with E-state index >= 15 is 0 Å². The number of rotatable bonds is 7. The minimum absolute atomic E-state index is 0.0656. The lowest BCUT2D eigenvalue weighted by atomic mass is 10.1. The van der Waals surface area contributed by atoms with Crippen molar-refractivity contribution in [2.24, 2.45) is 0 Å². The second-order valence-corrected chi connectivity index (χ2v) is 7.01. The van der Waals surface area contributed by atoms with Crippen molar-refractivity contribution in [1.29, 1.82) is 0 Å². The topological polar surface area (TPSA) is 57.2 Å². The van der Waals surface area contributed by atoms with Crippen LogP contribution in [0.4, 0.5) is 0 Å². The first kappa shape index (κ1) is 19.2. The van der Waals surface area contributed by atoms with Crippen molar-refractivity contribution in [1.82, 2.24) is 4.90 Å². The molecule has 1 aliphatic rings. The number of hydrogen-bond acceptors (Lipinski definition) is 6. The molecule has 2 aromatic rings. The van der Waals surface area contributed by atoms with E-state index in [0.717, 1.165) is 11.1 Å². The fourth-order valence-corrected chi connectivity index (χ4v) is 4.39. The highest BCUT2D eigenvalue weighted by molar-refractivity contribution is 8.00. The molecular weight excluding hydrogens is 366 g/mol. The van der Waals surface area contributed by atoms with Gasteiger partial charge >= 0.3 is 0 Å². The maximum absolute atomic E-state index is 12.6. The predicted octanol–water partition coefficient (Wildman–Crippen LogP) is 3.50. The van der Waals surface area contributed by atoms with Crippen LogP contribution in [0.25, 0.3) is 0 Å². The Morgan fingerprint density at radius 3 is 2.22 bits per heavy atom. The maximum atomic E-state index is 12.6. The van der Waals surface area contributed by atoms with Gasteiger partial charge in [0.05, 0.1) is 46.3 Å². The number of thioether (sulfide) groups is 1. The van der Waals surface area contributed by atoms with Crippen LogP contribution in [0.1, 0.15) is 16.5 Å². The van der Waals surface area contributed by atoms with Crippen LogP contribution < -0.4 is 18.9 Å². The van der Waals surface area contributed by atoms with Crippen LogP contribution in [-0.2, 0) is 11.3 Å². The molecule has 1 heterocycles. The van der Waals surface area contributed by atoms with Gasteiger partial charge in [0, 0.05) is 11.6 Å². The highest BCUT2D eigenvalue weighted by Gasteiger charge is 2.37. The van der Waals surface area contributed by atoms with Gasteiger partial charge in [-0.1, -0.05) is 6.07 Å². The Morgan fingerprint density at radius 1 is 0.963 bits per heavy atom. The molecule has 0 aliphatic carbocycles. The molecule has 0 N–H and O–H groups in total. The summed E-state index contributed by atoms with van der Waals surface area (Å²) in [6.07, 6.45) is 0. The Balaban J connectivity index is 1.97. The van der Waals surface area contributed by atoms with E-state index in [9.17, 15) is 4.79 Å². The van der Waals surface area contributed by atoms with E-state index in [-0.39, 0.29) is 11.3 Å². The zero-order valence-corrected chi connectivity index (χ0v) is 16.7.